The highest BCUT2D eigenvalue weighted by atomic mass is 31.0. The van der Waals surface area contributed by atoms with Gasteiger partial charge in [-0.05, 0) is 43.0 Å². The molecule has 5 heteroatoms. The molecule has 0 spiro atoms. The Hall–Kier alpha value is -0.960. The summed E-state index contributed by atoms with van der Waals surface area (Å²) in [5, 5.41) is 0. The minimum Gasteiger partial charge on any atom is -0.497 e. The fourth-order valence-electron chi connectivity index (χ4n) is 4.71. The molecule has 2 aliphatic rings. The number of ether oxygens (including phenoxy) is 1. The summed E-state index contributed by atoms with van der Waals surface area (Å²) in [6, 6.07) is 5.69. The third kappa shape index (κ3) is 2.43. The van der Waals surface area contributed by atoms with Gasteiger partial charge in [-0.25, -0.2) is 0 Å². The number of nitrogens with zero attached hydrogens (tertiary/aromatic N) is 1. The number of nitrogens with two attached hydrogens (primary N) is 1. The van der Waals surface area contributed by atoms with E-state index < -0.39 is 0 Å². The van der Waals surface area contributed by atoms with Crippen molar-refractivity contribution in [3.63, 3.8) is 0 Å². The van der Waals surface area contributed by atoms with Crippen LogP contribution in [0.5, 0.6) is 5.75 Å². The summed E-state index contributed by atoms with van der Waals surface area (Å²) in [4.78, 5) is 13.2. The summed E-state index contributed by atoms with van der Waals surface area (Å²) in [5.41, 5.74) is 8.27. The van der Waals surface area contributed by atoms with Crippen molar-refractivity contribution < 1.29 is 9.53 Å². The van der Waals surface area contributed by atoms with Crippen LogP contribution in [-0.2, 0) is 0 Å². The van der Waals surface area contributed by atoms with Crippen LogP contribution in [0.3, 0.4) is 0 Å². The molecule has 1 saturated heterocycles. The van der Waals surface area contributed by atoms with Gasteiger partial charge in [0, 0.05) is 35.5 Å². The Morgan fingerprint density at radius 1 is 1.43 bits per heavy atom. The maximum atomic E-state index is 13.2. The summed E-state index contributed by atoms with van der Waals surface area (Å²) in [6.45, 7) is 8.13. The molecule has 126 valence electrons. The lowest BCUT2D eigenvalue weighted by Gasteiger charge is -2.36. The summed E-state index contributed by atoms with van der Waals surface area (Å²) in [5.74, 6) is 1.19. The Labute approximate surface area is 141 Å². The first-order valence-electron chi connectivity index (χ1n) is 8.19. The number of rotatable bonds is 3. The van der Waals surface area contributed by atoms with E-state index in [-0.39, 0.29) is 28.6 Å². The molecule has 2 fully saturated rings. The van der Waals surface area contributed by atoms with Crippen molar-refractivity contribution in [3.05, 3.63) is 29.3 Å². The number of aryl methyl sites for hydroxylation is 1. The van der Waals surface area contributed by atoms with Gasteiger partial charge in [-0.2, -0.15) is 0 Å². The molecule has 0 amide bonds. The van der Waals surface area contributed by atoms with E-state index >= 15 is 0 Å². The minimum absolute atomic E-state index is 0.00389. The molecule has 0 aromatic heterocycles. The standard InChI is InChI=1S/C18H27N2O2P/c1-11-7-13(22-4)5-6-14(11)16(21)15-8-17(3)9-20(23)10-18(17,19)12(15)2/h5-7,12,15H,8-10,19,23H2,1-4H3. The third-order valence-electron chi connectivity index (χ3n) is 6.26. The third-order valence-corrected chi connectivity index (χ3v) is 6.63. The molecule has 3 rings (SSSR count). The van der Waals surface area contributed by atoms with Crippen LogP contribution in [0.15, 0.2) is 18.2 Å². The Morgan fingerprint density at radius 2 is 2.13 bits per heavy atom. The number of methoxy groups -OCH3 is 1. The van der Waals surface area contributed by atoms with Crippen LogP contribution in [0.25, 0.3) is 0 Å². The van der Waals surface area contributed by atoms with Gasteiger partial charge in [0.2, 0.25) is 0 Å². The molecule has 2 N–H and O–H groups in total. The fourth-order valence-corrected chi connectivity index (χ4v) is 5.41. The lowest BCUT2D eigenvalue weighted by atomic mass is 9.74. The maximum absolute atomic E-state index is 13.2. The van der Waals surface area contributed by atoms with Crippen LogP contribution in [0.2, 0.25) is 0 Å². The molecular weight excluding hydrogens is 307 g/mol. The predicted molar refractivity (Wildman–Crippen MR) is 95.6 cm³/mol. The van der Waals surface area contributed by atoms with Gasteiger partial charge in [-0.15, -0.1) is 0 Å². The number of ketones is 1. The highest BCUT2D eigenvalue weighted by Gasteiger charge is 2.63. The van der Waals surface area contributed by atoms with Crippen LogP contribution in [-0.4, -0.2) is 36.2 Å². The number of benzene rings is 1. The summed E-state index contributed by atoms with van der Waals surface area (Å²) >= 11 is 0. The second-order valence-electron chi connectivity index (χ2n) is 7.65. The molecule has 1 heterocycles. The molecule has 5 atom stereocenters. The van der Waals surface area contributed by atoms with Gasteiger partial charge in [0.25, 0.3) is 0 Å². The van der Waals surface area contributed by atoms with Crippen molar-refractivity contribution in [3.8, 4) is 5.75 Å². The molecule has 1 aliphatic heterocycles. The van der Waals surface area contributed by atoms with Gasteiger partial charge in [-0.1, -0.05) is 23.2 Å². The number of carbonyl (C=O) groups excluding carboxylic acids is 1. The molecule has 23 heavy (non-hydrogen) atoms. The normalized spacial score (nSPS) is 37.0. The van der Waals surface area contributed by atoms with E-state index in [9.17, 15) is 4.79 Å². The van der Waals surface area contributed by atoms with E-state index in [2.05, 4.69) is 27.9 Å². The van der Waals surface area contributed by atoms with Crippen LogP contribution in [0.1, 0.15) is 36.2 Å². The average molecular weight is 334 g/mol. The molecular formula is C18H27N2O2P. The van der Waals surface area contributed by atoms with E-state index in [0.717, 1.165) is 36.4 Å². The number of carbonyl (C=O) groups is 1. The lowest BCUT2D eigenvalue weighted by molar-refractivity contribution is 0.0877. The Balaban J connectivity index is 1.90. The first kappa shape index (κ1) is 16.9. The number of hydrogen-bond donors (Lipinski definition) is 1. The quantitative estimate of drug-likeness (QED) is 0.682. The molecule has 0 radical (unpaired) electrons. The predicted octanol–water partition coefficient (Wildman–Crippen LogP) is 2.65. The number of Topliss-reactive ketones (excluding diaryl/α,β-unsaturated/α-hetero) is 1. The summed E-state index contributed by atoms with van der Waals surface area (Å²) < 4.78 is 7.46. The number of fused-ring (bicyclic) bond motifs is 1. The van der Waals surface area contributed by atoms with Gasteiger partial charge in [0.05, 0.1) is 7.11 Å². The molecule has 0 bridgehead atoms. The van der Waals surface area contributed by atoms with Crippen molar-refractivity contribution in [1.29, 1.82) is 0 Å². The first-order chi connectivity index (χ1) is 10.7. The van der Waals surface area contributed by atoms with Crippen molar-refractivity contribution in [2.75, 3.05) is 20.2 Å². The zero-order valence-electron chi connectivity index (χ0n) is 14.4. The van der Waals surface area contributed by atoms with Crippen molar-refractivity contribution >= 4 is 15.2 Å². The largest absolute Gasteiger partial charge is 0.497 e. The zero-order chi connectivity index (χ0) is 17.0. The smallest absolute Gasteiger partial charge is 0.166 e. The maximum Gasteiger partial charge on any atom is 0.166 e. The fraction of sp³-hybridized carbons (Fsp3) is 0.611. The van der Waals surface area contributed by atoms with Crippen LogP contribution >= 0.6 is 9.39 Å². The van der Waals surface area contributed by atoms with Crippen molar-refractivity contribution in [2.24, 2.45) is 23.0 Å². The van der Waals surface area contributed by atoms with E-state index in [1.54, 1.807) is 7.11 Å². The Morgan fingerprint density at radius 3 is 2.70 bits per heavy atom. The monoisotopic (exact) mass is 334 g/mol. The molecule has 1 aromatic carbocycles. The molecule has 1 saturated carbocycles. The summed E-state index contributed by atoms with van der Waals surface area (Å²) in [7, 11) is 4.41. The number of hydrogen-bond acceptors (Lipinski definition) is 4. The van der Waals surface area contributed by atoms with Gasteiger partial charge >= 0.3 is 0 Å². The highest BCUT2D eigenvalue weighted by Crippen LogP contribution is 2.56. The second kappa shape index (κ2) is 5.54. The second-order valence-corrected chi connectivity index (χ2v) is 8.38. The zero-order valence-corrected chi connectivity index (χ0v) is 15.6. The van der Waals surface area contributed by atoms with E-state index in [0.29, 0.717) is 0 Å². The van der Waals surface area contributed by atoms with Gasteiger partial charge in [-0.3, -0.25) is 9.46 Å². The van der Waals surface area contributed by atoms with Gasteiger partial charge in [0.1, 0.15) is 5.75 Å². The summed E-state index contributed by atoms with van der Waals surface area (Å²) in [6.07, 6.45) is 0.861. The topological polar surface area (TPSA) is 55.6 Å². The average Bonchev–Trinajstić information content (AvgIpc) is 2.83. The van der Waals surface area contributed by atoms with Gasteiger partial charge in [0.15, 0.2) is 5.78 Å². The molecule has 1 aromatic rings. The molecule has 4 nitrogen and oxygen atoms in total. The molecule has 1 aliphatic carbocycles. The molecule has 5 unspecified atom stereocenters. The Kier molecular flexibility index (Phi) is 4.07. The van der Waals surface area contributed by atoms with Crippen LogP contribution in [0, 0.1) is 24.2 Å². The van der Waals surface area contributed by atoms with Crippen molar-refractivity contribution in [2.45, 2.75) is 32.7 Å². The van der Waals surface area contributed by atoms with Crippen LogP contribution in [0.4, 0.5) is 0 Å². The van der Waals surface area contributed by atoms with Crippen LogP contribution < -0.4 is 10.5 Å². The minimum atomic E-state index is -0.296. The lowest BCUT2D eigenvalue weighted by Crippen LogP contribution is -2.54. The van der Waals surface area contributed by atoms with Crippen molar-refractivity contribution in [1.82, 2.24) is 4.67 Å². The van der Waals surface area contributed by atoms with E-state index in [1.807, 2.05) is 25.1 Å². The van der Waals surface area contributed by atoms with E-state index in [1.165, 1.54) is 0 Å². The Bertz CT molecular complexity index is 650. The van der Waals surface area contributed by atoms with E-state index in [4.69, 9.17) is 10.5 Å². The van der Waals surface area contributed by atoms with Gasteiger partial charge < -0.3 is 10.5 Å². The highest BCUT2D eigenvalue weighted by molar-refractivity contribution is 7.13. The first-order valence-corrected chi connectivity index (χ1v) is 8.71. The SMILES string of the molecule is COc1ccc(C(=O)C2CC3(C)CN(P)CC3(N)C2C)c(C)c1.